The van der Waals surface area contributed by atoms with Crippen LogP contribution in [0.4, 0.5) is 22.9 Å². The first-order chi connectivity index (χ1) is 20.7. The summed E-state index contributed by atoms with van der Waals surface area (Å²) in [6, 6.07) is 23.0. The van der Waals surface area contributed by atoms with Gasteiger partial charge in [-0.2, -0.15) is 0 Å². The number of aryl methyl sites for hydroxylation is 1. The summed E-state index contributed by atoms with van der Waals surface area (Å²) in [6.45, 7) is 1.39. The number of hydrogen-bond acceptors (Lipinski definition) is 8. The van der Waals surface area contributed by atoms with Gasteiger partial charge in [0.15, 0.2) is 12.2 Å². The molecule has 1 atom stereocenters. The third kappa shape index (κ3) is 6.57. The first kappa shape index (κ1) is 29.1. The minimum atomic E-state index is -0.973. The zero-order valence-electron chi connectivity index (χ0n) is 23.3. The molecule has 1 saturated heterocycles. The van der Waals surface area contributed by atoms with E-state index >= 15 is 0 Å². The fraction of sp³-hybridized carbons (Fsp3) is 0.167. The molecule has 0 radical (unpaired) electrons. The molecule has 43 heavy (non-hydrogen) atoms. The van der Waals surface area contributed by atoms with Gasteiger partial charge in [0.25, 0.3) is 11.6 Å². The van der Waals surface area contributed by atoms with Crippen molar-refractivity contribution in [3.05, 3.63) is 96.2 Å². The Kier molecular flexibility index (Phi) is 8.53. The van der Waals surface area contributed by atoms with E-state index in [1.807, 2.05) is 6.07 Å². The van der Waals surface area contributed by atoms with E-state index in [1.165, 1.54) is 16.5 Å². The van der Waals surface area contributed by atoms with Crippen LogP contribution in [0.25, 0.3) is 0 Å². The minimum Gasteiger partial charge on any atom is -0.858 e. The molecule has 1 aliphatic heterocycles. The second-order valence-corrected chi connectivity index (χ2v) is 10.0. The molecule has 218 valence electrons. The normalized spacial score (nSPS) is 15.1. The van der Waals surface area contributed by atoms with Crippen molar-refractivity contribution in [3.8, 4) is 0 Å². The van der Waals surface area contributed by atoms with Crippen LogP contribution in [0, 0.1) is 0 Å². The number of benzene rings is 3. The van der Waals surface area contributed by atoms with E-state index < -0.39 is 17.8 Å². The number of hydrogen-bond donors (Lipinski definition) is 2. The van der Waals surface area contributed by atoms with Crippen LogP contribution in [0.15, 0.2) is 94.4 Å². The molecule has 0 spiro atoms. The summed E-state index contributed by atoms with van der Waals surface area (Å²) in [5.74, 6) is -1.58. The molecule has 4 aromatic rings. The third-order valence-corrected chi connectivity index (χ3v) is 7.05. The van der Waals surface area contributed by atoms with Gasteiger partial charge in [-0.05, 0) is 64.8 Å². The molecule has 13 heteroatoms. The predicted molar refractivity (Wildman–Crippen MR) is 160 cm³/mol. The number of thiocarbonyl (C=S) groups is 1. The van der Waals surface area contributed by atoms with Crippen molar-refractivity contribution in [2.24, 2.45) is 12.0 Å². The summed E-state index contributed by atoms with van der Waals surface area (Å²) in [7, 11) is 1.62. The molecule has 0 saturated carbocycles. The van der Waals surface area contributed by atoms with Gasteiger partial charge in [-0.1, -0.05) is 48.5 Å². The van der Waals surface area contributed by atoms with Gasteiger partial charge in [0.05, 0.1) is 12.1 Å². The Bertz CT molecular complexity index is 1690. The van der Waals surface area contributed by atoms with Gasteiger partial charge in [0.1, 0.15) is 12.6 Å². The van der Waals surface area contributed by atoms with Gasteiger partial charge in [-0.25, -0.2) is 4.99 Å². The van der Waals surface area contributed by atoms with Crippen LogP contribution in [0.5, 0.6) is 0 Å². The molecule has 3 aromatic carbocycles. The maximum absolute atomic E-state index is 13.8. The van der Waals surface area contributed by atoms with Crippen molar-refractivity contribution in [1.82, 2.24) is 10.2 Å². The first-order valence-electron chi connectivity index (χ1n) is 13.2. The average Bonchev–Trinajstić information content (AvgIpc) is 3.45. The number of carbonyl (C=O) groups excluding carboxylic acids is 3. The summed E-state index contributed by atoms with van der Waals surface area (Å²) < 4.78 is 6.76. The molecule has 5 rings (SSSR count). The number of anilines is 3. The highest BCUT2D eigenvalue weighted by Gasteiger charge is 2.46. The van der Waals surface area contributed by atoms with Crippen LogP contribution in [-0.4, -0.2) is 44.9 Å². The number of nitrogens with one attached hydrogen (secondary N) is 2. The Balaban J connectivity index is 1.42. The van der Waals surface area contributed by atoms with E-state index in [1.54, 1.807) is 90.8 Å². The van der Waals surface area contributed by atoms with Crippen LogP contribution in [0.3, 0.4) is 0 Å². The van der Waals surface area contributed by atoms with Crippen molar-refractivity contribution >= 4 is 63.9 Å². The molecule has 12 nitrogen and oxygen atoms in total. The van der Waals surface area contributed by atoms with Crippen LogP contribution in [-0.2, 0) is 28.0 Å². The highest BCUT2D eigenvalue weighted by molar-refractivity contribution is 7.80. The zero-order chi connectivity index (χ0) is 30.5. The molecule has 0 bridgehead atoms. The molecule has 1 aromatic heterocycles. The van der Waals surface area contributed by atoms with Gasteiger partial charge in [0.2, 0.25) is 17.1 Å². The lowest BCUT2D eigenvalue weighted by Crippen LogP contribution is -2.42. The summed E-state index contributed by atoms with van der Waals surface area (Å²) >= 11 is 5.76. The SMILES string of the molecule is CC(=O)Nc1ccc(NC(=O)CC2C(=O)N(c3ccccc3)C(=S)N2Cc2c(/N=C(\[O-])c3ccccc3)on[n+]2C)cc1. The number of amides is 3. The Labute approximate surface area is 252 Å². The van der Waals surface area contributed by atoms with Gasteiger partial charge >= 0.3 is 5.88 Å². The minimum absolute atomic E-state index is 0.0157. The lowest BCUT2D eigenvalue weighted by Gasteiger charge is -2.22. The quantitative estimate of drug-likeness (QED) is 0.129. The van der Waals surface area contributed by atoms with Gasteiger partial charge in [-0.15, -0.1) is 0 Å². The lowest BCUT2D eigenvalue weighted by atomic mass is 10.1. The van der Waals surface area contributed by atoms with E-state index in [4.69, 9.17) is 16.7 Å². The topological polar surface area (TPSA) is 147 Å². The fourth-order valence-corrected chi connectivity index (χ4v) is 4.94. The second kappa shape index (κ2) is 12.6. The highest BCUT2D eigenvalue weighted by Crippen LogP contribution is 2.30. The van der Waals surface area contributed by atoms with Crippen LogP contribution in [0.2, 0.25) is 0 Å². The van der Waals surface area contributed by atoms with Gasteiger partial charge < -0.3 is 20.6 Å². The van der Waals surface area contributed by atoms with Gasteiger partial charge in [0, 0.05) is 18.3 Å². The van der Waals surface area contributed by atoms with E-state index in [0.717, 1.165) is 0 Å². The number of nitrogens with zero attached hydrogens (tertiary/aromatic N) is 5. The highest BCUT2D eigenvalue weighted by atomic mass is 32.1. The average molecular weight is 598 g/mol. The molecule has 3 amide bonds. The Morgan fingerprint density at radius 2 is 1.60 bits per heavy atom. The number of aliphatic imine (C=N–C) groups is 1. The maximum atomic E-state index is 13.8. The largest absolute Gasteiger partial charge is 0.858 e. The Morgan fingerprint density at radius 1 is 1.00 bits per heavy atom. The molecule has 0 aliphatic carbocycles. The summed E-state index contributed by atoms with van der Waals surface area (Å²) in [5, 5.41) is 22.3. The number of rotatable bonds is 9. The smallest absolute Gasteiger partial charge is 0.325 e. The number of para-hydroxylation sites is 1. The lowest BCUT2D eigenvalue weighted by molar-refractivity contribution is -0.746. The van der Waals surface area contributed by atoms with Crippen molar-refractivity contribution in [2.45, 2.75) is 25.9 Å². The first-order valence-corrected chi connectivity index (χ1v) is 13.6. The number of aromatic nitrogens is 2. The fourth-order valence-electron chi connectivity index (χ4n) is 4.55. The standard InChI is InChI=1S/C30H26N7O5S/c1-19(38)31-21-13-15-22(16-14-21)32-26(39)17-24-29(41)37(23-11-7-4-8-12-23)30(43)36(24)18-25-28(42-34-35(25)2)33-27(40)20-9-5-3-6-10-20/h3-16,24H,17-18H2,1-2H3,(H,33,40)/q-1/p+1. The monoisotopic (exact) mass is 597 g/mol. The second-order valence-electron chi connectivity index (χ2n) is 9.68. The van der Waals surface area contributed by atoms with Crippen molar-refractivity contribution in [2.75, 3.05) is 15.5 Å². The molecule has 1 fully saturated rings. The van der Waals surface area contributed by atoms with Crippen LogP contribution >= 0.6 is 12.2 Å². The summed E-state index contributed by atoms with van der Waals surface area (Å²) in [5.41, 5.74) is 2.38. The molecule has 2 N–H and O–H groups in total. The van der Waals surface area contributed by atoms with Crippen molar-refractivity contribution in [3.63, 3.8) is 0 Å². The van der Waals surface area contributed by atoms with Gasteiger partial charge in [-0.3, -0.25) is 23.8 Å². The van der Waals surface area contributed by atoms with E-state index in [9.17, 15) is 19.5 Å². The molecular weight excluding hydrogens is 570 g/mol. The predicted octanol–water partition coefficient (Wildman–Crippen LogP) is 2.43. The molecule has 2 heterocycles. The molecule has 1 aliphatic rings. The third-order valence-electron chi connectivity index (χ3n) is 6.63. The zero-order valence-corrected chi connectivity index (χ0v) is 24.1. The van der Waals surface area contributed by atoms with Crippen molar-refractivity contribution < 1.29 is 28.7 Å². The van der Waals surface area contributed by atoms with Crippen LogP contribution < -0.4 is 25.3 Å². The Morgan fingerprint density at radius 3 is 2.23 bits per heavy atom. The number of carbonyl (C=O) groups is 3. The van der Waals surface area contributed by atoms with E-state index in [0.29, 0.717) is 28.3 Å². The van der Waals surface area contributed by atoms with Crippen LogP contribution in [0.1, 0.15) is 24.6 Å². The van der Waals surface area contributed by atoms with E-state index in [-0.39, 0.29) is 35.8 Å². The summed E-state index contributed by atoms with van der Waals surface area (Å²) in [4.78, 5) is 45.4. The molecule has 1 unspecified atom stereocenters. The summed E-state index contributed by atoms with van der Waals surface area (Å²) in [6.07, 6.45) is -0.222. The molecular formula is C30H27N7O5S. The van der Waals surface area contributed by atoms with E-state index in [2.05, 4.69) is 20.9 Å². The maximum Gasteiger partial charge on any atom is 0.325 e. The van der Waals surface area contributed by atoms with Crippen molar-refractivity contribution in [1.29, 1.82) is 0 Å². The Hall–Kier alpha value is -5.43.